The van der Waals surface area contributed by atoms with E-state index in [1.54, 1.807) is 6.07 Å². The standard InChI is InChI=1S/C20H16F5N3O2/c1-27(10-11-30-17-9-5-3-7-15(17)22)19(29)13-12-26-28(18(13)20(23,24)25)16-8-4-2-6-14(16)21/h2-9,12H,10-11H2,1H3. The Kier molecular flexibility index (Phi) is 6.04. The van der Waals surface area contributed by atoms with Crippen LogP contribution in [0, 0.1) is 11.6 Å². The van der Waals surface area contributed by atoms with Crippen LogP contribution in [0.15, 0.2) is 54.7 Å². The van der Waals surface area contributed by atoms with E-state index in [0.717, 1.165) is 23.2 Å². The fourth-order valence-corrected chi connectivity index (χ4v) is 2.75. The Morgan fingerprint density at radius 3 is 2.33 bits per heavy atom. The number of hydrogen-bond donors (Lipinski definition) is 0. The first-order valence-electron chi connectivity index (χ1n) is 8.73. The molecule has 0 saturated heterocycles. The second-order valence-electron chi connectivity index (χ2n) is 6.27. The van der Waals surface area contributed by atoms with Crippen LogP contribution >= 0.6 is 0 Å². The van der Waals surface area contributed by atoms with Gasteiger partial charge in [0.15, 0.2) is 17.3 Å². The number of carbonyl (C=O) groups is 1. The van der Waals surface area contributed by atoms with Crippen molar-refractivity contribution >= 4 is 5.91 Å². The quantitative estimate of drug-likeness (QED) is 0.553. The maximum atomic E-state index is 14.0. The summed E-state index contributed by atoms with van der Waals surface area (Å²) in [5.74, 6) is -2.54. The molecule has 1 amide bonds. The van der Waals surface area contributed by atoms with Crippen LogP contribution in [0.25, 0.3) is 5.69 Å². The van der Waals surface area contributed by atoms with Gasteiger partial charge in [-0.1, -0.05) is 24.3 Å². The molecule has 0 aliphatic rings. The lowest BCUT2D eigenvalue weighted by Gasteiger charge is -2.19. The zero-order valence-corrected chi connectivity index (χ0v) is 15.7. The third-order valence-corrected chi connectivity index (χ3v) is 4.22. The number of para-hydroxylation sites is 2. The molecule has 10 heteroatoms. The molecule has 0 fully saturated rings. The van der Waals surface area contributed by atoms with Crippen molar-refractivity contribution in [1.29, 1.82) is 0 Å². The SMILES string of the molecule is CN(CCOc1ccccc1F)C(=O)c1cnn(-c2ccccc2F)c1C(F)(F)F. The molecular formula is C20H16F5N3O2. The lowest BCUT2D eigenvalue weighted by atomic mass is 10.2. The first-order chi connectivity index (χ1) is 14.2. The third-order valence-electron chi connectivity index (χ3n) is 4.22. The van der Waals surface area contributed by atoms with Gasteiger partial charge in [0.05, 0.1) is 18.3 Å². The van der Waals surface area contributed by atoms with Crippen LogP contribution in [0.1, 0.15) is 16.1 Å². The summed E-state index contributed by atoms with van der Waals surface area (Å²) >= 11 is 0. The summed E-state index contributed by atoms with van der Waals surface area (Å²) in [5.41, 5.74) is -2.56. The molecule has 30 heavy (non-hydrogen) atoms. The van der Waals surface area contributed by atoms with Crippen LogP contribution in [0.4, 0.5) is 22.0 Å². The Labute approximate surface area is 168 Å². The summed E-state index contributed by atoms with van der Waals surface area (Å²) in [6.07, 6.45) is -4.22. The van der Waals surface area contributed by atoms with Gasteiger partial charge in [-0.05, 0) is 24.3 Å². The second-order valence-corrected chi connectivity index (χ2v) is 6.27. The molecule has 1 aromatic heterocycles. The molecule has 3 rings (SSSR count). The average Bonchev–Trinajstić information content (AvgIpc) is 3.14. The molecule has 158 valence electrons. The predicted octanol–water partition coefficient (Wildman–Crippen LogP) is 4.32. The van der Waals surface area contributed by atoms with Crippen LogP contribution < -0.4 is 4.74 Å². The van der Waals surface area contributed by atoms with Crippen molar-refractivity contribution in [2.24, 2.45) is 0 Å². The number of likely N-dealkylation sites (N-methyl/N-ethyl adjacent to an activating group) is 1. The van der Waals surface area contributed by atoms with E-state index in [1.807, 2.05) is 0 Å². The van der Waals surface area contributed by atoms with Crippen molar-refractivity contribution in [2.75, 3.05) is 20.2 Å². The minimum Gasteiger partial charge on any atom is -0.489 e. The average molecular weight is 425 g/mol. The molecule has 0 N–H and O–H groups in total. The number of benzene rings is 2. The maximum absolute atomic E-state index is 14.0. The van der Waals surface area contributed by atoms with Crippen LogP contribution in [-0.2, 0) is 6.18 Å². The fourth-order valence-electron chi connectivity index (χ4n) is 2.75. The smallest absolute Gasteiger partial charge is 0.434 e. The van der Waals surface area contributed by atoms with Crippen molar-refractivity contribution in [3.8, 4) is 11.4 Å². The van der Waals surface area contributed by atoms with Crippen molar-refractivity contribution in [2.45, 2.75) is 6.18 Å². The minimum absolute atomic E-state index is 0.0401. The molecule has 0 saturated carbocycles. The summed E-state index contributed by atoms with van der Waals surface area (Å²) in [6, 6.07) is 10.4. The highest BCUT2D eigenvalue weighted by Gasteiger charge is 2.41. The van der Waals surface area contributed by atoms with Gasteiger partial charge in [-0.25, -0.2) is 13.5 Å². The second kappa shape index (κ2) is 8.52. The Morgan fingerprint density at radius 2 is 1.70 bits per heavy atom. The Bertz CT molecular complexity index is 1050. The van der Waals surface area contributed by atoms with E-state index < -0.39 is 40.7 Å². The highest BCUT2D eigenvalue weighted by Crippen LogP contribution is 2.34. The summed E-state index contributed by atoms with van der Waals surface area (Å²) in [7, 11) is 1.27. The van der Waals surface area contributed by atoms with E-state index in [0.29, 0.717) is 4.68 Å². The molecule has 0 radical (unpaired) electrons. The highest BCUT2D eigenvalue weighted by molar-refractivity contribution is 5.95. The molecular weight excluding hydrogens is 409 g/mol. The normalized spacial score (nSPS) is 11.4. The summed E-state index contributed by atoms with van der Waals surface area (Å²) < 4.78 is 74.2. The zero-order chi connectivity index (χ0) is 21.9. The van der Waals surface area contributed by atoms with Gasteiger partial charge < -0.3 is 9.64 Å². The molecule has 2 aromatic carbocycles. The van der Waals surface area contributed by atoms with Gasteiger partial charge in [0.25, 0.3) is 5.91 Å². The molecule has 0 aliphatic heterocycles. The van der Waals surface area contributed by atoms with E-state index in [4.69, 9.17) is 4.74 Å². The van der Waals surface area contributed by atoms with Gasteiger partial charge in [-0.15, -0.1) is 0 Å². The summed E-state index contributed by atoms with van der Waals surface area (Å²) in [6.45, 7) is -0.263. The first-order valence-corrected chi connectivity index (χ1v) is 8.73. The molecule has 0 atom stereocenters. The number of carbonyl (C=O) groups excluding carboxylic acids is 1. The molecule has 0 bridgehead atoms. The van der Waals surface area contributed by atoms with E-state index in [1.165, 1.54) is 37.4 Å². The topological polar surface area (TPSA) is 47.4 Å². The van der Waals surface area contributed by atoms with Gasteiger partial charge in [-0.3, -0.25) is 4.79 Å². The van der Waals surface area contributed by atoms with E-state index in [2.05, 4.69) is 5.10 Å². The Balaban J connectivity index is 1.81. The van der Waals surface area contributed by atoms with Crippen LogP contribution in [0.3, 0.4) is 0 Å². The van der Waals surface area contributed by atoms with Gasteiger partial charge in [0.2, 0.25) is 0 Å². The number of amides is 1. The molecule has 0 spiro atoms. The number of rotatable bonds is 6. The largest absolute Gasteiger partial charge is 0.489 e. The van der Waals surface area contributed by atoms with Gasteiger partial charge >= 0.3 is 6.18 Å². The van der Waals surface area contributed by atoms with Crippen molar-refractivity contribution in [3.05, 3.63) is 77.6 Å². The first kappa shape index (κ1) is 21.3. The number of ether oxygens (including phenoxy) is 1. The molecule has 3 aromatic rings. The van der Waals surface area contributed by atoms with Crippen molar-refractivity contribution < 1.29 is 31.5 Å². The van der Waals surface area contributed by atoms with Crippen LogP contribution in [-0.4, -0.2) is 40.8 Å². The molecule has 0 unspecified atom stereocenters. The van der Waals surface area contributed by atoms with Gasteiger partial charge in [0, 0.05) is 7.05 Å². The van der Waals surface area contributed by atoms with E-state index in [9.17, 15) is 26.7 Å². The number of alkyl halides is 3. The van der Waals surface area contributed by atoms with Crippen molar-refractivity contribution in [1.82, 2.24) is 14.7 Å². The zero-order valence-electron chi connectivity index (χ0n) is 15.7. The number of nitrogens with zero attached hydrogens (tertiary/aromatic N) is 3. The van der Waals surface area contributed by atoms with Gasteiger partial charge in [0.1, 0.15) is 18.1 Å². The number of hydrogen-bond acceptors (Lipinski definition) is 3. The number of halogens is 5. The van der Waals surface area contributed by atoms with Crippen LogP contribution in [0.2, 0.25) is 0 Å². The molecule has 1 heterocycles. The number of aromatic nitrogens is 2. The lowest BCUT2D eigenvalue weighted by molar-refractivity contribution is -0.143. The van der Waals surface area contributed by atoms with Crippen molar-refractivity contribution in [3.63, 3.8) is 0 Å². The highest BCUT2D eigenvalue weighted by atomic mass is 19.4. The molecule has 5 nitrogen and oxygen atoms in total. The fraction of sp³-hybridized carbons (Fsp3) is 0.200. The third kappa shape index (κ3) is 4.42. The van der Waals surface area contributed by atoms with Gasteiger partial charge in [-0.2, -0.15) is 18.3 Å². The minimum atomic E-state index is -4.96. The maximum Gasteiger partial charge on any atom is 0.434 e. The summed E-state index contributed by atoms with van der Waals surface area (Å²) in [4.78, 5) is 13.6. The van der Waals surface area contributed by atoms with E-state index in [-0.39, 0.29) is 18.9 Å². The van der Waals surface area contributed by atoms with Crippen LogP contribution in [0.5, 0.6) is 5.75 Å². The Hall–Kier alpha value is -3.43. The lowest BCUT2D eigenvalue weighted by Crippen LogP contribution is -2.32. The monoisotopic (exact) mass is 425 g/mol. The van der Waals surface area contributed by atoms with E-state index >= 15 is 0 Å². The molecule has 0 aliphatic carbocycles. The predicted molar refractivity (Wildman–Crippen MR) is 97.4 cm³/mol. The summed E-state index contributed by atoms with van der Waals surface area (Å²) in [5, 5.41) is 3.58. The Morgan fingerprint density at radius 1 is 1.07 bits per heavy atom.